The first kappa shape index (κ1) is 20.8. The van der Waals surface area contributed by atoms with Gasteiger partial charge in [0.25, 0.3) is 5.60 Å². The van der Waals surface area contributed by atoms with Crippen molar-refractivity contribution in [3.63, 3.8) is 0 Å². The number of hydrogen-bond donors (Lipinski definition) is 1. The Morgan fingerprint density at radius 1 is 0.852 bits per heavy atom. The van der Waals surface area contributed by atoms with Gasteiger partial charge in [0.05, 0.1) is 12.2 Å². The number of rotatable bonds is 4. The Bertz CT molecular complexity index is 778. The molecular weight excluding hydrogens is 378 g/mol. The second-order valence-electron chi connectivity index (χ2n) is 5.58. The van der Waals surface area contributed by atoms with E-state index in [0.29, 0.717) is 23.3 Å². The van der Waals surface area contributed by atoms with Crippen molar-refractivity contribution in [3.8, 4) is 11.1 Å². The van der Waals surface area contributed by atoms with Gasteiger partial charge in [-0.3, -0.25) is 0 Å². The molecule has 2 aromatic rings. The van der Waals surface area contributed by atoms with E-state index >= 15 is 0 Å². The molecule has 0 fully saturated rings. The summed E-state index contributed by atoms with van der Waals surface area (Å²) in [4.78, 5) is 11.6. The number of ether oxygens (including phenoxy) is 1. The predicted molar refractivity (Wildman–Crippen MR) is 83.8 cm³/mol. The van der Waals surface area contributed by atoms with Crippen LogP contribution in [0.4, 0.5) is 26.3 Å². The molecule has 0 aromatic heterocycles. The highest BCUT2D eigenvalue weighted by Gasteiger charge is 2.71. The molecule has 0 saturated carbocycles. The molecule has 0 amide bonds. The monoisotopic (exact) mass is 392 g/mol. The van der Waals surface area contributed by atoms with E-state index in [9.17, 15) is 36.2 Å². The fourth-order valence-corrected chi connectivity index (χ4v) is 2.41. The van der Waals surface area contributed by atoms with Gasteiger partial charge in [-0.1, -0.05) is 36.4 Å². The summed E-state index contributed by atoms with van der Waals surface area (Å²) >= 11 is 0. The van der Waals surface area contributed by atoms with Crippen LogP contribution in [0.15, 0.2) is 48.5 Å². The molecule has 0 heterocycles. The summed E-state index contributed by atoms with van der Waals surface area (Å²) in [5.41, 5.74) is -5.29. The van der Waals surface area contributed by atoms with E-state index in [0.717, 1.165) is 12.1 Å². The number of halogens is 6. The van der Waals surface area contributed by atoms with Crippen molar-refractivity contribution in [1.82, 2.24) is 0 Å². The van der Waals surface area contributed by atoms with Crippen molar-refractivity contribution >= 4 is 5.97 Å². The third kappa shape index (κ3) is 3.92. The normalized spacial score (nSPS) is 12.7. The number of aliphatic hydroxyl groups is 1. The van der Waals surface area contributed by atoms with E-state index in [2.05, 4.69) is 0 Å². The highest BCUT2D eigenvalue weighted by Crippen LogP contribution is 2.50. The Kier molecular flexibility index (Phi) is 5.55. The number of hydrogen-bond acceptors (Lipinski definition) is 3. The van der Waals surface area contributed by atoms with Gasteiger partial charge in [0.1, 0.15) is 0 Å². The average molecular weight is 392 g/mol. The van der Waals surface area contributed by atoms with E-state index in [1.165, 1.54) is 24.3 Å². The van der Waals surface area contributed by atoms with Crippen LogP contribution < -0.4 is 0 Å². The third-order valence-corrected chi connectivity index (χ3v) is 3.85. The van der Waals surface area contributed by atoms with Crippen molar-refractivity contribution in [3.05, 3.63) is 59.7 Å². The van der Waals surface area contributed by atoms with E-state index < -0.39 is 29.5 Å². The minimum Gasteiger partial charge on any atom is -0.462 e. The zero-order chi connectivity index (χ0) is 20.5. The molecule has 0 aliphatic heterocycles. The Labute approximate surface area is 150 Å². The number of carbonyl (C=O) groups is 1. The summed E-state index contributed by atoms with van der Waals surface area (Å²) in [6.07, 6.45) is -11.9. The molecule has 0 bridgehead atoms. The Hall–Kier alpha value is -2.55. The summed E-state index contributed by atoms with van der Waals surface area (Å²) in [5, 5.41) is 9.36. The second-order valence-corrected chi connectivity index (χ2v) is 5.58. The third-order valence-electron chi connectivity index (χ3n) is 3.85. The van der Waals surface area contributed by atoms with Gasteiger partial charge in [0, 0.05) is 5.56 Å². The van der Waals surface area contributed by atoms with Crippen LogP contribution in [0.3, 0.4) is 0 Å². The van der Waals surface area contributed by atoms with Gasteiger partial charge in [0.15, 0.2) is 0 Å². The van der Waals surface area contributed by atoms with Gasteiger partial charge in [-0.25, -0.2) is 4.79 Å². The number of esters is 1. The van der Waals surface area contributed by atoms with Gasteiger partial charge in [-0.05, 0) is 30.2 Å². The lowest BCUT2D eigenvalue weighted by molar-refractivity contribution is -0.376. The van der Waals surface area contributed by atoms with E-state index in [-0.39, 0.29) is 12.2 Å². The standard InChI is InChI=1S/C18H14F6O3/c1-2-27-15(25)13-5-3-11(4-6-13)12-7-9-14(10-8-12)16(26,17(19,20)21)18(22,23)24/h3-10,26H,2H2,1H3. The molecule has 0 aliphatic carbocycles. The van der Waals surface area contributed by atoms with Crippen molar-refractivity contribution in [2.45, 2.75) is 24.9 Å². The molecule has 0 atom stereocenters. The minimum absolute atomic E-state index is 0.184. The zero-order valence-electron chi connectivity index (χ0n) is 13.9. The van der Waals surface area contributed by atoms with E-state index in [1.54, 1.807) is 6.92 Å². The lowest BCUT2D eigenvalue weighted by atomic mass is 9.90. The maximum atomic E-state index is 12.9. The molecule has 1 N–H and O–H groups in total. The number of alkyl halides is 6. The Balaban J connectivity index is 2.35. The summed E-state index contributed by atoms with van der Waals surface area (Å²) in [7, 11) is 0. The van der Waals surface area contributed by atoms with E-state index in [1.807, 2.05) is 0 Å². The summed E-state index contributed by atoms with van der Waals surface area (Å²) in [5.74, 6) is -0.556. The molecule has 2 rings (SSSR count). The van der Waals surface area contributed by atoms with Crippen molar-refractivity contribution < 1.29 is 41.0 Å². The highest BCUT2D eigenvalue weighted by molar-refractivity contribution is 5.90. The largest absolute Gasteiger partial charge is 0.462 e. The van der Waals surface area contributed by atoms with Gasteiger partial charge in [-0.15, -0.1) is 0 Å². The molecule has 0 radical (unpaired) electrons. The molecule has 0 saturated heterocycles. The van der Waals surface area contributed by atoms with Gasteiger partial charge < -0.3 is 9.84 Å². The fraction of sp³-hybridized carbons (Fsp3) is 0.278. The molecule has 0 unspecified atom stereocenters. The molecule has 146 valence electrons. The first-order valence-corrected chi connectivity index (χ1v) is 7.65. The highest BCUT2D eigenvalue weighted by atomic mass is 19.4. The van der Waals surface area contributed by atoms with Crippen LogP contribution in [0, 0.1) is 0 Å². The van der Waals surface area contributed by atoms with Crippen LogP contribution in [-0.2, 0) is 10.3 Å². The Morgan fingerprint density at radius 3 is 1.63 bits per heavy atom. The smallest absolute Gasteiger partial charge is 0.430 e. The van der Waals surface area contributed by atoms with Crippen LogP contribution in [0.1, 0.15) is 22.8 Å². The molecule has 0 spiro atoms. The molecular formula is C18H14F6O3. The van der Waals surface area contributed by atoms with Crippen molar-refractivity contribution in [1.29, 1.82) is 0 Å². The number of benzene rings is 2. The lowest BCUT2D eigenvalue weighted by Crippen LogP contribution is -2.53. The molecule has 0 aliphatic rings. The van der Waals surface area contributed by atoms with E-state index in [4.69, 9.17) is 4.74 Å². The number of carbonyl (C=O) groups excluding carboxylic acids is 1. The van der Waals surface area contributed by atoms with Crippen LogP contribution in [0.2, 0.25) is 0 Å². The van der Waals surface area contributed by atoms with Crippen LogP contribution in [0.25, 0.3) is 11.1 Å². The summed E-state index contributed by atoms with van der Waals surface area (Å²) in [6.45, 7) is 1.82. The van der Waals surface area contributed by atoms with Gasteiger partial charge in [-0.2, -0.15) is 26.3 Å². The first-order valence-electron chi connectivity index (χ1n) is 7.65. The second kappa shape index (κ2) is 7.22. The topological polar surface area (TPSA) is 46.5 Å². The van der Waals surface area contributed by atoms with Gasteiger partial charge >= 0.3 is 18.3 Å². The van der Waals surface area contributed by atoms with Crippen molar-refractivity contribution in [2.24, 2.45) is 0 Å². The molecule has 27 heavy (non-hydrogen) atoms. The zero-order valence-corrected chi connectivity index (χ0v) is 13.9. The van der Waals surface area contributed by atoms with Crippen LogP contribution in [-0.4, -0.2) is 30.0 Å². The summed E-state index contributed by atoms with van der Waals surface area (Å²) in [6, 6.07) is 8.97. The quantitative estimate of drug-likeness (QED) is 0.598. The maximum Gasteiger partial charge on any atom is 0.430 e. The molecule has 2 aromatic carbocycles. The maximum absolute atomic E-state index is 12.9. The molecule has 3 nitrogen and oxygen atoms in total. The van der Waals surface area contributed by atoms with Crippen LogP contribution >= 0.6 is 0 Å². The predicted octanol–water partition coefficient (Wildman–Crippen LogP) is 4.84. The average Bonchev–Trinajstić information content (AvgIpc) is 2.59. The van der Waals surface area contributed by atoms with Gasteiger partial charge in [0.2, 0.25) is 0 Å². The summed E-state index contributed by atoms with van der Waals surface area (Å²) < 4.78 is 82.1. The lowest BCUT2D eigenvalue weighted by Gasteiger charge is -2.32. The Morgan fingerprint density at radius 2 is 1.26 bits per heavy atom. The first-order chi connectivity index (χ1) is 12.4. The SMILES string of the molecule is CCOC(=O)c1ccc(-c2ccc(C(O)(C(F)(F)F)C(F)(F)F)cc2)cc1. The molecule has 9 heteroatoms. The van der Waals surface area contributed by atoms with Crippen molar-refractivity contribution in [2.75, 3.05) is 6.61 Å². The fourth-order valence-electron chi connectivity index (χ4n) is 2.41. The van der Waals surface area contributed by atoms with Crippen LogP contribution in [0.5, 0.6) is 0 Å². The minimum atomic E-state index is -5.94.